The van der Waals surface area contributed by atoms with Gasteiger partial charge in [-0.25, -0.2) is 9.37 Å². The Labute approximate surface area is 254 Å². The first-order valence-corrected chi connectivity index (χ1v) is 14.8. The number of aryl methyl sites for hydroxylation is 1. The Morgan fingerprint density at radius 2 is 1.98 bits per heavy atom. The van der Waals surface area contributed by atoms with E-state index in [2.05, 4.69) is 54.4 Å². The van der Waals surface area contributed by atoms with E-state index in [1.54, 1.807) is 18.3 Å². The van der Waals surface area contributed by atoms with Gasteiger partial charge >= 0.3 is 0 Å². The van der Waals surface area contributed by atoms with Crippen molar-refractivity contribution in [2.24, 2.45) is 5.41 Å². The van der Waals surface area contributed by atoms with Crippen LogP contribution >= 0.6 is 11.6 Å². The predicted molar refractivity (Wildman–Crippen MR) is 164 cm³/mol. The van der Waals surface area contributed by atoms with Gasteiger partial charge in [0.25, 0.3) is 0 Å². The van der Waals surface area contributed by atoms with Gasteiger partial charge in [-0.15, -0.1) is 0 Å². The van der Waals surface area contributed by atoms with Gasteiger partial charge in [-0.05, 0) is 73.3 Å². The number of hydrogen-bond acceptors (Lipinski definition) is 6. The van der Waals surface area contributed by atoms with Crippen LogP contribution in [-0.2, 0) is 13.1 Å². The summed E-state index contributed by atoms with van der Waals surface area (Å²) in [5, 5.41) is 11.2. The Bertz CT molecular complexity index is 1830. The van der Waals surface area contributed by atoms with E-state index in [0.717, 1.165) is 62.0 Å². The van der Waals surface area contributed by atoms with Crippen LogP contribution in [0.25, 0.3) is 10.9 Å². The van der Waals surface area contributed by atoms with E-state index in [1.165, 1.54) is 23.3 Å². The minimum Gasteiger partial charge on any atom is -0.439 e. The van der Waals surface area contributed by atoms with Crippen molar-refractivity contribution in [2.45, 2.75) is 32.9 Å². The van der Waals surface area contributed by atoms with Gasteiger partial charge < -0.3 is 19.2 Å². The van der Waals surface area contributed by atoms with E-state index >= 15 is 0 Å². The molecule has 8 nitrogen and oxygen atoms in total. The topological polar surface area (TPSA) is 86.0 Å². The van der Waals surface area contributed by atoms with Crippen LogP contribution < -0.4 is 9.64 Å². The van der Waals surface area contributed by atoms with E-state index in [-0.39, 0.29) is 10.4 Å². The van der Waals surface area contributed by atoms with E-state index < -0.39 is 5.82 Å². The number of H-pyrrole nitrogens is 1. The first kappa shape index (κ1) is 27.4. The zero-order chi connectivity index (χ0) is 29.6. The molecule has 218 valence electrons. The van der Waals surface area contributed by atoms with Crippen molar-refractivity contribution in [3.63, 3.8) is 0 Å². The molecular weight excluding hydrogens is 565 g/mol. The number of aromatic nitrogens is 4. The van der Waals surface area contributed by atoms with Crippen molar-refractivity contribution in [2.75, 3.05) is 31.1 Å². The van der Waals surface area contributed by atoms with Crippen LogP contribution in [0.15, 0.2) is 67.1 Å². The fourth-order valence-corrected chi connectivity index (χ4v) is 6.90. The molecule has 0 saturated carbocycles. The first-order valence-electron chi connectivity index (χ1n) is 14.5. The molecule has 1 spiro atoms. The third-order valence-corrected chi connectivity index (χ3v) is 9.11. The monoisotopic (exact) mass is 595 g/mol. The number of nitrogens with one attached hydrogen (secondary N) is 1. The second-order valence-electron chi connectivity index (χ2n) is 11.8. The highest BCUT2D eigenvalue weighted by Gasteiger charge is 2.44. The number of benzene rings is 2. The second kappa shape index (κ2) is 11.0. The predicted octanol–water partition coefficient (Wildman–Crippen LogP) is 6.68. The zero-order valence-electron chi connectivity index (χ0n) is 23.9. The lowest BCUT2D eigenvalue weighted by molar-refractivity contribution is 0.270. The Hall–Kier alpha value is -4.39. The number of likely N-dealkylation sites (tertiary alicyclic amines) is 1. The van der Waals surface area contributed by atoms with Crippen LogP contribution in [0.4, 0.5) is 10.3 Å². The molecule has 10 heteroatoms. The van der Waals surface area contributed by atoms with E-state index in [9.17, 15) is 9.65 Å². The highest BCUT2D eigenvalue weighted by Crippen LogP contribution is 2.41. The van der Waals surface area contributed by atoms with Gasteiger partial charge in [-0.3, -0.25) is 4.90 Å². The summed E-state index contributed by atoms with van der Waals surface area (Å²) < 4.78 is 21.7. The lowest BCUT2D eigenvalue weighted by Crippen LogP contribution is -2.31. The molecule has 0 amide bonds. The first-order chi connectivity index (χ1) is 20.9. The summed E-state index contributed by atoms with van der Waals surface area (Å²) in [7, 11) is 0. The van der Waals surface area contributed by atoms with Crippen LogP contribution in [0.1, 0.15) is 35.2 Å². The van der Waals surface area contributed by atoms with Crippen LogP contribution in [-0.4, -0.2) is 50.6 Å². The zero-order valence-corrected chi connectivity index (χ0v) is 24.6. The van der Waals surface area contributed by atoms with Crippen LogP contribution in [0.3, 0.4) is 0 Å². The normalized spacial score (nSPS) is 18.6. The molecular formula is C33H31ClFN7O. The van der Waals surface area contributed by atoms with Crippen molar-refractivity contribution >= 4 is 28.5 Å². The smallest absolute Gasteiger partial charge is 0.228 e. The summed E-state index contributed by atoms with van der Waals surface area (Å²) in [6, 6.07) is 16.6. The van der Waals surface area contributed by atoms with Crippen molar-refractivity contribution in [1.29, 1.82) is 5.26 Å². The molecule has 1 atom stereocenters. The van der Waals surface area contributed by atoms with Crippen molar-refractivity contribution in [3.05, 3.63) is 100 Å². The summed E-state index contributed by atoms with van der Waals surface area (Å²) in [4.78, 5) is 17.0. The van der Waals surface area contributed by atoms with Crippen LogP contribution in [0, 0.1) is 29.5 Å². The van der Waals surface area contributed by atoms with Gasteiger partial charge in [0.15, 0.2) is 0 Å². The lowest BCUT2D eigenvalue weighted by atomic mass is 9.86. The molecule has 2 fully saturated rings. The number of halogens is 2. The average molecular weight is 596 g/mol. The Morgan fingerprint density at radius 1 is 1.09 bits per heavy atom. The molecule has 2 saturated heterocycles. The van der Waals surface area contributed by atoms with Gasteiger partial charge in [-0.1, -0.05) is 17.7 Å². The summed E-state index contributed by atoms with van der Waals surface area (Å²) in [5.41, 5.74) is 5.63. The summed E-state index contributed by atoms with van der Waals surface area (Å²) in [6.07, 6.45) is 7.75. The maximum absolute atomic E-state index is 13.8. The fraction of sp³-hybridized carbons (Fsp3) is 0.303. The number of hydrogen-bond donors (Lipinski definition) is 1. The van der Waals surface area contributed by atoms with Gasteiger partial charge in [0.1, 0.15) is 23.3 Å². The molecule has 3 aromatic heterocycles. The number of rotatable bonds is 7. The molecule has 0 radical (unpaired) electrons. The van der Waals surface area contributed by atoms with Gasteiger partial charge in [0, 0.05) is 78.2 Å². The summed E-state index contributed by atoms with van der Waals surface area (Å²) in [5.74, 6) is 0.813. The third-order valence-electron chi connectivity index (χ3n) is 8.89. The maximum Gasteiger partial charge on any atom is 0.228 e. The summed E-state index contributed by atoms with van der Waals surface area (Å²) >= 11 is 5.98. The highest BCUT2D eigenvalue weighted by molar-refractivity contribution is 6.30. The number of nitrogens with zero attached hydrogens (tertiary/aromatic N) is 6. The molecule has 2 aromatic carbocycles. The average Bonchev–Trinajstić information content (AvgIpc) is 3.79. The number of ether oxygens (including phenoxy) is 1. The number of fused-ring (bicyclic) bond motifs is 1. The SMILES string of the molecule is Cc1c(CN2CCC3(CCN(c4nccc(Oc5cc(F)cc(Cl)c5)n4)C3)C2)ccc2c1cc(C#N)n2Cc1cc[nH]c1. The summed E-state index contributed by atoms with van der Waals surface area (Å²) in [6.45, 7) is 7.52. The molecule has 5 heterocycles. The Kier molecular flexibility index (Phi) is 7.04. The standard InChI is InChI=1S/C33H31ClFN7O/c1-22-24(2-3-30-29(22)15-27(16-36)42(30)18-23-4-8-37-17-23)19-40-10-6-33(20-40)7-11-41(21-33)32-38-9-5-31(39-32)43-28-13-25(34)12-26(35)14-28/h2-5,8-9,12-15,17,37H,6-7,10-11,18-21H2,1H3. The van der Waals surface area contributed by atoms with Crippen LogP contribution in [0.5, 0.6) is 11.6 Å². The molecule has 0 aliphatic carbocycles. The molecule has 2 aliphatic rings. The van der Waals surface area contributed by atoms with Gasteiger partial charge in [-0.2, -0.15) is 10.2 Å². The van der Waals surface area contributed by atoms with Crippen LogP contribution in [0.2, 0.25) is 5.02 Å². The molecule has 5 aromatic rings. The second-order valence-corrected chi connectivity index (χ2v) is 12.2. The molecule has 43 heavy (non-hydrogen) atoms. The Balaban J connectivity index is 1.03. The van der Waals surface area contributed by atoms with E-state index in [0.29, 0.717) is 29.8 Å². The number of nitriles is 1. The third kappa shape index (κ3) is 5.44. The largest absolute Gasteiger partial charge is 0.439 e. The van der Waals surface area contributed by atoms with Gasteiger partial charge in [0.05, 0.1) is 6.54 Å². The van der Waals surface area contributed by atoms with E-state index in [1.807, 2.05) is 24.5 Å². The van der Waals surface area contributed by atoms with E-state index in [4.69, 9.17) is 16.3 Å². The van der Waals surface area contributed by atoms with Crippen molar-refractivity contribution in [3.8, 4) is 17.7 Å². The Morgan fingerprint density at radius 3 is 2.79 bits per heavy atom. The molecule has 1 unspecified atom stereocenters. The lowest BCUT2D eigenvalue weighted by Gasteiger charge is -2.25. The highest BCUT2D eigenvalue weighted by atomic mass is 35.5. The molecule has 0 bridgehead atoms. The minimum absolute atomic E-state index is 0.183. The molecule has 1 N–H and O–H groups in total. The molecule has 2 aliphatic heterocycles. The fourth-order valence-electron chi connectivity index (χ4n) is 6.69. The quantitative estimate of drug-likeness (QED) is 0.226. The van der Waals surface area contributed by atoms with Crippen molar-refractivity contribution < 1.29 is 9.13 Å². The number of anilines is 1. The number of aromatic amines is 1. The molecule has 7 rings (SSSR count). The minimum atomic E-state index is -0.461. The van der Waals surface area contributed by atoms with Crippen molar-refractivity contribution in [1.82, 2.24) is 24.4 Å². The maximum atomic E-state index is 13.8. The van der Waals surface area contributed by atoms with Gasteiger partial charge in [0.2, 0.25) is 11.8 Å².